The van der Waals surface area contributed by atoms with Gasteiger partial charge in [-0.2, -0.15) is 0 Å². The Morgan fingerprint density at radius 2 is 1.87 bits per heavy atom. The lowest BCUT2D eigenvalue weighted by atomic mass is 10.1. The third kappa shape index (κ3) is 4.14. The number of nitrogens with zero attached hydrogens (tertiary/aromatic N) is 3. The topological polar surface area (TPSA) is 55.2 Å². The number of carbonyl (C=O) groups excluding carboxylic acids is 1. The Morgan fingerprint density at radius 1 is 1.13 bits per heavy atom. The van der Waals surface area contributed by atoms with Crippen LogP contribution in [0.4, 0.5) is 4.39 Å². The molecule has 0 saturated heterocycles. The molecule has 0 aliphatic carbocycles. The number of likely N-dealkylation sites (N-methyl/N-ethyl adjacent to an activating group) is 1. The maximum atomic E-state index is 13.5. The van der Waals surface area contributed by atoms with E-state index in [2.05, 4.69) is 0 Å². The van der Waals surface area contributed by atoms with Gasteiger partial charge in [0.2, 0.25) is 5.91 Å². The summed E-state index contributed by atoms with van der Waals surface area (Å²) in [5.74, 6) is 0.0173. The number of fused-ring (bicyclic) bond motifs is 1. The Kier molecular flexibility index (Phi) is 5.95. The summed E-state index contributed by atoms with van der Waals surface area (Å²) in [6.45, 7) is 4.24. The molecule has 2 aromatic carbocycles. The normalized spacial score (nSPS) is 12.1. The van der Waals surface area contributed by atoms with E-state index in [9.17, 15) is 14.0 Å². The molecule has 1 amide bonds. The van der Waals surface area contributed by atoms with Gasteiger partial charge < -0.3 is 4.90 Å². The smallest absolute Gasteiger partial charge is 0.266 e. The van der Waals surface area contributed by atoms with Gasteiger partial charge in [0.05, 0.1) is 29.1 Å². The summed E-state index contributed by atoms with van der Waals surface area (Å²) in [6, 6.07) is 16.2. The first-order valence-corrected chi connectivity index (χ1v) is 11.0. The van der Waals surface area contributed by atoms with Crippen LogP contribution < -0.4 is 5.56 Å². The largest absolute Gasteiger partial charge is 0.333 e. The standard InChI is InChI=1S/C24H22FN3O2S/c1-3-27(22(29)15-19-7-6-14-31-19)16(2)23-26-21-9-5-4-8-20(21)24(30)28(23)18-12-10-17(25)11-13-18/h4-14,16H,3,15H2,1-2H3. The van der Waals surface area contributed by atoms with E-state index in [0.717, 1.165) is 4.88 Å². The number of carbonyl (C=O) groups is 1. The van der Waals surface area contributed by atoms with Crippen molar-refractivity contribution in [3.63, 3.8) is 0 Å². The summed E-state index contributed by atoms with van der Waals surface area (Å²) in [7, 11) is 0. The minimum absolute atomic E-state index is 0.0366. The Labute approximate surface area is 183 Å². The highest BCUT2D eigenvalue weighted by Crippen LogP contribution is 2.24. The van der Waals surface area contributed by atoms with Crippen LogP contribution in [-0.2, 0) is 11.2 Å². The molecule has 0 fully saturated rings. The van der Waals surface area contributed by atoms with Crippen molar-refractivity contribution >= 4 is 28.1 Å². The first-order valence-electron chi connectivity index (χ1n) is 10.1. The number of thiophene rings is 1. The second-order valence-corrected chi connectivity index (χ2v) is 8.25. The Bertz CT molecular complexity index is 1270. The van der Waals surface area contributed by atoms with Crippen LogP contribution in [0.1, 0.15) is 30.6 Å². The molecule has 0 aliphatic heterocycles. The van der Waals surface area contributed by atoms with Gasteiger partial charge in [-0.1, -0.05) is 18.2 Å². The second-order valence-electron chi connectivity index (χ2n) is 7.22. The number of aromatic nitrogens is 2. The maximum absolute atomic E-state index is 13.5. The highest BCUT2D eigenvalue weighted by molar-refractivity contribution is 7.10. The third-order valence-electron chi connectivity index (χ3n) is 5.29. The fraction of sp³-hybridized carbons (Fsp3) is 0.208. The van der Waals surface area contributed by atoms with Gasteiger partial charge in [0.15, 0.2) is 0 Å². The van der Waals surface area contributed by atoms with E-state index in [4.69, 9.17) is 4.98 Å². The predicted molar refractivity (Wildman–Crippen MR) is 121 cm³/mol. The van der Waals surface area contributed by atoms with Gasteiger partial charge in [-0.05, 0) is 61.7 Å². The van der Waals surface area contributed by atoms with Crippen molar-refractivity contribution in [1.29, 1.82) is 0 Å². The molecule has 0 aliphatic rings. The van der Waals surface area contributed by atoms with Gasteiger partial charge in [0, 0.05) is 11.4 Å². The van der Waals surface area contributed by atoms with Crippen LogP contribution in [0.3, 0.4) is 0 Å². The molecule has 158 valence electrons. The van der Waals surface area contributed by atoms with Crippen LogP contribution in [0.25, 0.3) is 16.6 Å². The predicted octanol–water partition coefficient (Wildman–Crippen LogP) is 4.74. The molecule has 4 rings (SSSR count). The molecule has 1 atom stereocenters. The summed E-state index contributed by atoms with van der Waals surface area (Å²) >= 11 is 1.54. The molecule has 4 aromatic rings. The van der Waals surface area contributed by atoms with Crippen molar-refractivity contribution in [2.45, 2.75) is 26.3 Å². The van der Waals surface area contributed by atoms with Crippen molar-refractivity contribution in [2.24, 2.45) is 0 Å². The average molecular weight is 436 g/mol. The molecule has 0 spiro atoms. The SMILES string of the molecule is CCN(C(=O)Cc1cccs1)C(C)c1nc2ccccc2c(=O)n1-c1ccc(F)cc1. The van der Waals surface area contributed by atoms with E-state index in [0.29, 0.717) is 35.4 Å². The minimum Gasteiger partial charge on any atom is -0.333 e. The molecule has 7 heteroatoms. The number of amides is 1. The van der Waals surface area contributed by atoms with Crippen molar-refractivity contribution in [1.82, 2.24) is 14.5 Å². The van der Waals surface area contributed by atoms with Gasteiger partial charge in [-0.15, -0.1) is 11.3 Å². The molecule has 0 radical (unpaired) electrons. The maximum Gasteiger partial charge on any atom is 0.266 e. The van der Waals surface area contributed by atoms with E-state index >= 15 is 0 Å². The summed E-state index contributed by atoms with van der Waals surface area (Å²) in [4.78, 5) is 33.9. The van der Waals surface area contributed by atoms with Crippen LogP contribution in [-0.4, -0.2) is 26.9 Å². The Morgan fingerprint density at radius 3 is 2.55 bits per heavy atom. The molecule has 0 N–H and O–H groups in total. The van der Waals surface area contributed by atoms with E-state index in [1.807, 2.05) is 37.4 Å². The number of benzene rings is 2. The van der Waals surface area contributed by atoms with Crippen molar-refractivity contribution < 1.29 is 9.18 Å². The number of para-hydroxylation sites is 1. The zero-order valence-corrected chi connectivity index (χ0v) is 18.1. The zero-order valence-electron chi connectivity index (χ0n) is 17.3. The van der Waals surface area contributed by atoms with E-state index in [1.165, 1.54) is 28.0 Å². The molecule has 0 saturated carbocycles. The lowest BCUT2D eigenvalue weighted by Crippen LogP contribution is -2.38. The van der Waals surface area contributed by atoms with Crippen LogP contribution in [0, 0.1) is 5.82 Å². The van der Waals surface area contributed by atoms with E-state index in [1.54, 1.807) is 35.2 Å². The van der Waals surface area contributed by atoms with Crippen LogP contribution in [0.15, 0.2) is 70.8 Å². The van der Waals surface area contributed by atoms with Crippen molar-refractivity contribution in [2.75, 3.05) is 6.54 Å². The highest BCUT2D eigenvalue weighted by atomic mass is 32.1. The minimum atomic E-state index is -0.458. The lowest BCUT2D eigenvalue weighted by Gasteiger charge is -2.29. The average Bonchev–Trinajstić information content (AvgIpc) is 3.28. The monoisotopic (exact) mass is 435 g/mol. The van der Waals surface area contributed by atoms with Crippen LogP contribution in [0.2, 0.25) is 0 Å². The molecule has 5 nitrogen and oxygen atoms in total. The fourth-order valence-electron chi connectivity index (χ4n) is 3.74. The molecular weight excluding hydrogens is 413 g/mol. The van der Waals surface area contributed by atoms with Crippen molar-refractivity contribution in [3.05, 3.63) is 92.9 Å². The van der Waals surface area contributed by atoms with Crippen LogP contribution >= 0.6 is 11.3 Å². The zero-order chi connectivity index (χ0) is 22.0. The van der Waals surface area contributed by atoms with E-state index in [-0.39, 0.29) is 17.3 Å². The number of hydrogen-bond acceptors (Lipinski definition) is 4. The lowest BCUT2D eigenvalue weighted by molar-refractivity contribution is -0.132. The van der Waals surface area contributed by atoms with Gasteiger partial charge in [-0.25, -0.2) is 9.37 Å². The first-order chi connectivity index (χ1) is 15.0. The van der Waals surface area contributed by atoms with Gasteiger partial charge in [0.25, 0.3) is 5.56 Å². The second kappa shape index (κ2) is 8.81. The number of halogens is 1. The van der Waals surface area contributed by atoms with Gasteiger partial charge in [0.1, 0.15) is 11.6 Å². The van der Waals surface area contributed by atoms with Crippen molar-refractivity contribution in [3.8, 4) is 5.69 Å². The van der Waals surface area contributed by atoms with Gasteiger partial charge >= 0.3 is 0 Å². The molecule has 0 bridgehead atoms. The van der Waals surface area contributed by atoms with E-state index < -0.39 is 6.04 Å². The molecule has 31 heavy (non-hydrogen) atoms. The summed E-state index contributed by atoms with van der Waals surface area (Å²) < 4.78 is 15.0. The fourth-order valence-corrected chi connectivity index (χ4v) is 4.44. The molecule has 2 aromatic heterocycles. The highest BCUT2D eigenvalue weighted by Gasteiger charge is 2.26. The molecule has 1 unspecified atom stereocenters. The summed E-state index contributed by atoms with van der Waals surface area (Å²) in [6.07, 6.45) is 0.296. The summed E-state index contributed by atoms with van der Waals surface area (Å²) in [5, 5.41) is 2.41. The molecular formula is C24H22FN3O2S. The molecule has 2 heterocycles. The Balaban J connectivity index is 1.84. The van der Waals surface area contributed by atoms with Crippen LogP contribution in [0.5, 0.6) is 0 Å². The van der Waals surface area contributed by atoms with Gasteiger partial charge in [-0.3, -0.25) is 14.2 Å². The summed E-state index contributed by atoms with van der Waals surface area (Å²) in [5.41, 5.74) is 0.823. The number of rotatable bonds is 6. The third-order valence-corrected chi connectivity index (χ3v) is 6.17. The first kappa shape index (κ1) is 20.9. The Hall–Kier alpha value is -3.32. The number of hydrogen-bond donors (Lipinski definition) is 0. The quantitative estimate of drug-likeness (QED) is 0.440.